The number of aryl methyl sites for hydroxylation is 1. The van der Waals surface area contributed by atoms with Crippen molar-refractivity contribution in [1.82, 2.24) is 4.98 Å². The van der Waals surface area contributed by atoms with Gasteiger partial charge in [0.15, 0.2) is 5.13 Å². The first-order valence-corrected chi connectivity index (χ1v) is 12.5. The first-order chi connectivity index (χ1) is 16.3. The average molecular weight is 499 g/mol. The van der Waals surface area contributed by atoms with Crippen molar-refractivity contribution in [3.8, 4) is 0 Å². The number of aromatic nitrogens is 1. The van der Waals surface area contributed by atoms with Crippen molar-refractivity contribution in [3.05, 3.63) is 63.2 Å². The fraction of sp³-hybridized carbons (Fsp3) is 0.250. The lowest BCUT2D eigenvalue weighted by Crippen LogP contribution is -2.23. The molecule has 0 radical (unpaired) electrons. The maximum absolute atomic E-state index is 14.2. The van der Waals surface area contributed by atoms with Crippen LogP contribution in [0.3, 0.4) is 0 Å². The number of thiazole rings is 1. The van der Waals surface area contributed by atoms with Gasteiger partial charge in [-0.1, -0.05) is 18.6 Å². The van der Waals surface area contributed by atoms with Gasteiger partial charge in [0.1, 0.15) is 10.8 Å². The summed E-state index contributed by atoms with van der Waals surface area (Å²) < 4.78 is 14.2. The van der Waals surface area contributed by atoms with E-state index in [-0.39, 0.29) is 16.7 Å². The number of anilines is 3. The number of carbonyl (C=O) groups is 3. The number of rotatable bonds is 6. The molecule has 3 N–H and O–H groups in total. The van der Waals surface area contributed by atoms with Crippen molar-refractivity contribution >= 4 is 62.3 Å². The number of hydrogen-bond acceptors (Lipinski definition) is 6. The Morgan fingerprint density at radius 2 is 1.94 bits per heavy atom. The van der Waals surface area contributed by atoms with Crippen molar-refractivity contribution < 1.29 is 18.8 Å². The van der Waals surface area contributed by atoms with E-state index in [1.807, 2.05) is 0 Å². The largest absolute Gasteiger partial charge is 0.365 e. The number of nitrogens with one attached hydrogen (secondary N) is 1. The molecule has 3 amide bonds. The topological polar surface area (TPSA) is 105 Å². The summed E-state index contributed by atoms with van der Waals surface area (Å²) in [5.41, 5.74) is 7.52. The number of nitrogens with two attached hydrogens (primary N) is 1. The number of benzene rings is 1. The monoisotopic (exact) mass is 498 g/mol. The van der Waals surface area contributed by atoms with E-state index >= 15 is 0 Å². The van der Waals surface area contributed by atoms with Gasteiger partial charge in [-0.25, -0.2) is 9.37 Å². The fourth-order valence-corrected chi connectivity index (χ4v) is 6.05. The Bertz CT molecular complexity index is 1280. The van der Waals surface area contributed by atoms with Crippen LogP contribution in [0, 0.1) is 5.82 Å². The van der Waals surface area contributed by atoms with E-state index in [0.717, 1.165) is 53.9 Å². The normalized spacial score (nSPS) is 13.4. The third kappa shape index (κ3) is 5.07. The Hall–Kier alpha value is -3.37. The van der Waals surface area contributed by atoms with Gasteiger partial charge in [-0.05, 0) is 49.5 Å². The summed E-state index contributed by atoms with van der Waals surface area (Å²) in [5.74, 6) is -1.89. The summed E-state index contributed by atoms with van der Waals surface area (Å²) in [4.78, 5) is 43.5. The number of primary amides is 1. The number of carbonyl (C=O) groups excluding carboxylic acids is 3. The smallest absolute Gasteiger partial charge is 0.251 e. The van der Waals surface area contributed by atoms with Crippen LogP contribution in [0.25, 0.3) is 6.08 Å². The summed E-state index contributed by atoms with van der Waals surface area (Å²) in [6.45, 7) is 1.33. The Balaban J connectivity index is 1.51. The van der Waals surface area contributed by atoms with Crippen LogP contribution in [0.15, 0.2) is 35.7 Å². The van der Waals surface area contributed by atoms with Gasteiger partial charge in [0.05, 0.1) is 16.9 Å². The molecule has 0 unspecified atom stereocenters. The van der Waals surface area contributed by atoms with Crippen LogP contribution in [0.1, 0.15) is 52.7 Å². The van der Waals surface area contributed by atoms with Gasteiger partial charge in [-0.2, -0.15) is 0 Å². The minimum absolute atomic E-state index is 0.106. The molecule has 0 bridgehead atoms. The molecule has 0 saturated heterocycles. The molecule has 0 saturated carbocycles. The van der Waals surface area contributed by atoms with Crippen LogP contribution < -0.4 is 16.0 Å². The van der Waals surface area contributed by atoms with Crippen LogP contribution in [0.2, 0.25) is 0 Å². The molecule has 2 heterocycles. The first-order valence-electron chi connectivity index (χ1n) is 10.8. The molecule has 0 fully saturated rings. The minimum Gasteiger partial charge on any atom is -0.365 e. The summed E-state index contributed by atoms with van der Waals surface area (Å²) in [7, 11) is 0. The van der Waals surface area contributed by atoms with E-state index in [2.05, 4.69) is 10.3 Å². The lowest BCUT2D eigenvalue weighted by Gasteiger charge is -2.18. The standard InChI is InChI=1S/C24H23FN4O3S2/c1-14(30)29(18-9-6-5-8-17(18)25)24-27-15(13-33-24)11-12-20(31)28-23-21(22(26)32)16-7-3-2-4-10-19(16)34-23/h5-6,8-9,11-13H,2-4,7,10H2,1H3,(H2,26,32)(H,28,31)/b12-11+. The van der Waals surface area contributed by atoms with Gasteiger partial charge in [-0.15, -0.1) is 22.7 Å². The predicted octanol–water partition coefficient (Wildman–Crippen LogP) is 5.05. The van der Waals surface area contributed by atoms with Crippen molar-refractivity contribution in [2.45, 2.75) is 39.0 Å². The number of amides is 3. The molecule has 34 heavy (non-hydrogen) atoms. The summed E-state index contributed by atoms with van der Waals surface area (Å²) in [5, 5.41) is 5.19. The van der Waals surface area contributed by atoms with Crippen molar-refractivity contribution in [1.29, 1.82) is 0 Å². The molecule has 10 heteroatoms. The second-order valence-electron chi connectivity index (χ2n) is 7.82. The van der Waals surface area contributed by atoms with Gasteiger partial charge in [0.25, 0.3) is 5.91 Å². The lowest BCUT2D eigenvalue weighted by molar-refractivity contribution is -0.116. The Labute approximate surface area is 204 Å². The van der Waals surface area contributed by atoms with Crippen molar-refractivity contribution in [2.75, 3.05) is 10.2 Å². The van der Waals surface area contributed by atoms with E-state index in [1.165, 1.54) is 47.4 Å². The van der Waals surface area contributed by atoms with E-state index in [0.29, 0.717) is 16.3 Å². The van der Waals surface area contributed by atoms with Gasteiger partial charge < -0.3 is 11.1 Å². The van der Waals surface area contributed by atoms with E-state index in [4.69, 9.17) is 5.73 Å². The van der Waals surface area contributed by atoms with Gasteiger partial charge in [-0.3, -0.25) is 19.3 Å². The van der Waals surface area contributed by atoms with E-state index < -0.39 is 17.6 Å². The molecule has 7 nitrogen and oxygen atoms in total. The zero-order valence-corrected chi connectivity index (χ0v) is 20.1. The molecule has 1 aliphatic rings. The molecule has 3 aromatic rings. The second-order valence-corrected chi connectivity index (χ2v) is 9.76. The van der Waals surface area contributed by atoms with Crippen molar-refractivity contribution in [2.24, 2.45) is 5.73 Å². The molecule has 0 spiro atoms. The number of thiophene rings is 1. The van der Waals surface area contributed by atoms with E-state index in [9.17, 15) is 18.8 Å². The maximum Gasteiger partial charge on any atom is 0.251 e. The third-order valence-corrected chi connectivity index (χ3v) is 7.47. The molecule has 2 aromatic heterocycles. The highest BCUT2D eigenvalue weighted by Crippen LogP contribution is 2.37. The summed E-state index contributed by atoms with van der Waals surface area (Å²) >= 11 is 2.56. The minimum atomic E-state index is -0.541. The number of fused-ring (bicyclic) bond motifs is 1. The van der Waals surface area contributed by atoms with Crippen LogP contribution in [0.4, 0.5) is 20.2 Å². The quantitative estimate of drug-likeness (QED) is 0.367. The van der Waals surface area contributed by atoms with Gasteiger partial charge >= 0.3 is 0 Å². The third-order valence-electron chi connectivity index (χ3n) is 5.42. The Kier molecular flexibility index (Phi) is 7.18. The fourth-order valence-electron chi connectivity index (χ4n) is 3.90. The van der Waals surface area contributed by atoms with Gasteiger partial charge in [0.2, 0.25) is 11.8 Å². The number of para-hydroxylation sites is 1. The molecule has 4 rings (SSSR count). The summed E-state index contributed by atoms with van der Waals surface area (Å²) in [6.07, 6.45) is 7.61. The predicted molar refractivity (Wildman–Crippen MR) is 133 cm³/mol. The highest BCUT2D eigenvalue weighted by atomic mass is 32.1. The Morgan fingerprint density at radius 1 is 1.18 bits per heavy atom. The molecule has 0 atom stereocenters. The maximum atomic E-state index is 14.2. The highest BCUT2D eigenvalue weighted by molar-refractivity contribution is 7.17. The molecule has 1 aromatic carbocycles. The molecule has 0 aliphatic heterocycles. The molecule has 176 valence electrons. The number of nitrogens with zero attached hydrogens (tertiary/aromatic N) is 2. The second kappa shape index (κ2) is 10.3. The molecular weight excluding hydrogens is 475 g/mol. The molecular formula is C24H23FN4O3S2. The molecule has 1 aliphatic carbocycles. The van der Waals surface area contributed by atoms with Crippen LogP contribution >= 0.6 is 22.7 Å². The zero-order valence-electron chi connectivity index (χ0n) is 18.5. The summed E-state index contributed by atoms with van der Waals surface area (Å²) in [6, 6.07) is 5.95. The van der Waals surface area contributed by atoms with Crippen LogP contribution in [-0.4, -0.2) is 22.7 Å². The Morgan fingerprint density at radius 3 is 2.68 bits per heavy atom. The lowest BCUT2D eigenvalue weighted by atomic mass is 10.1. The number of halogens is 1. The zero-order chi connectivity index (χ0) is 24.2. The van der Waals surface area contributed by atoms with E-state index in [1.54, 1.807) is 17.5 Å². The van der Waals surface area contributed by atoms with Gasteiger partial charge in [0, 0.05) is 23.3 Å². The average Bonchev–Trinajstić information content (AvgIpc) is 3.31. The van der Waals surface area contributed by atoms with Crippen LogP contribution in [0.5, 0.6) is 0 Å². The highest BCUT2D eigenvalue weighted by Gasteiger charge is 2.24. The SMILES string of the molecule is CC(=O)N(c1nc(/C=C/C(=O)Nc2sc3c(c2C(N)=O)CCCCC3)cs1)c1ccccc1F. The first kappa shape index (κ1) is 23.8. The van der Waals surface area contributed by atoms with Crippen LogP contribution in [-0.2, 0) is 22.4 Å². The number of hydrogen-bond donors (Lipinski definition) is 2. The van der Waals surface area contributed by atoms with Crippen molar-refractivity contribution in [3.63, 3.8) is 0 Å².